The van der Waals surface area contributed by atoms with Crippen LogP contribution in [-0.4, -0.2) is 22.6 Å². The maximum absolute atomic E-state index is 9.23. The summed E-state index contributed by atoms with van der Waals surface area (Å²) in [6.45, 7) is 0.138. The predicted molar refractivity (Wildman–Crippen MR) is 45.9 cm³/mol. The van der Waals surface area contributed by atoms with Gasteiger partial charge in [-0.15, -0.1) is 11.8 Å². The molecule has 0 spiro atoms. The van der Waals surface area contributed by atoms with Gasteiger partial charge in [0.25, 0.3) is 0 Å². The summed E-state index contributed by atoms with van der Waals surface area (Å²) >= 11 is 1.45. The first kappa shape index (κ1) is 8.43. The van der Waals surface area contributed by atoms with Crippen LogP contribution in [0.2, 0.25) is 0 Å². The molecule has 60 valence electrons. The Balaban J connectivity index is 2.62. The average Bonchev–Trinajstić information content (AvgIpc) is 2.03. The fourth-order valence-corrected chi connectivity index (χ4v) is 1.44. The molecule has 3 heteroatoms. The molecule has 0 aromatic heterocycles. The molecule has 0 fully saturated rings. The van der Waals surface area contributed by atoms with E-state index in [4.69, 9.17) is 5.11 Å². The fraction of sp³-hybridized carbons (Fsp3) is 0.250. The molecule has 11 heavy (non-hydrogen) atoms. The highest BCUT2D eigenvalue weighted by Crippen LogP contribution is 2.26. The van der Waals surface area contributed by atoms with Gasteiger partial charge in [0.05, 0.1) is 6.61 Å². The van der Waals surface area contributed by atoms with Gasteiger partial charge < -0.3 is 10.2 Å². The Morgan fingerprint density at radius 3 is 2.64 bits per heavy atom. The number of aliphatic hydroxyl groups is 1. The van der Waals surface area contributed by atoms with Crippen molar-refractivity contribution in [2.24, 2.45) is 0 Å². The van der Waals surface area contributed by atoms with E-state index >= 15 is 0 Å². The van der Waals surface area contributed by atoms with E-state index in [9.17, 15) is 5.11 Å². The van der Waals surface area contributed by atoms with E-state index in [0.717, 1.165) is 4.90 Å². The van der Waals surface area contributed by atoms with Crippen LogP contribution in [0.1, 0.15) is 0 Å². The highest BCUT2D eigenvalue weighted by atomic mass is 32.2. The van der Waals surface area contributed by atoms with E-state index in [1.54, 1.807) is 12.1 Å². The summed E-state index contributed by atoms with van der Waals surface area (Å²) in [5.41, 5.74) is 0. The van der Waals surface area contributed by atoms with Crippen LogP contribution in [0.3, 0.4) is 0 Å². The second-order valence-electron chi connectivity index (χ2n) is 2.04. The zero-order valence-corrected chi connectivity index (χ0v) is 6.84. The number of benzene rings is 1. The van der Waals surface area contributed by atoms with Gasteiger partial charge in [0.2, 0.25) is 0 Å². The number of para-hydroxylation sites is 1. The number of hydrogen-bond donors (Lipinski definition) is 2. The van der Waals surface area contributed by atoms with Gasteiger partial charge in [-0.2, -0.15) is 0 Å². The van der Waals surface area contributed by atoms with Crippen LogP contribution in [-0.2, 0) is 0 Å². The summed E-state index contributed by atoms with van der Waals surface area (Å²) < 4.78 is 0. The summed E-state index contributed by atoms with van der Waals surface area (Å²) in [6.07, 6.45) is 0. The van der Waals surface area contributed by atoms with Crippen molar-refractivity contribution < 1.29 is 10.2 Å². The number of aromatic hydroxyl groups is 1. The Morgan fingerprint density at radius 1 is 1.27 bits per heavy atom. The van der Waals surface area contributed by atoms with E-state index in [-0.39, 0.29) is 12.4 Å². The third kappa shape index (κ3) is 2.44. The second kappa shape index (κ2) is 4.26. The van der Waals surface area contributed by atoms with Crippen LogP contribution >= 0.6 is 11.8 Å². The van der Waals surface area contributed by atoms with Crippen molar-refractivity contribution in [1.29, 1.82) is 0 Å². The lowest BCUT2D eigenvalue weighted by molar-refractivity contribution is 0.322. The van der Waals surface area contributed by atoms with Crippen molar-refractivity contribution in [2.75, 3.05) is 12.4 Å². The van der Waals surface area contributed by atoms with Crippen molar-refractivity contribution >= 4 is 11.8 Å². The lowest BCUT2D eigenvalue weighted by atomic mass is 10.3. The zero-order chi connectivity index (χ0) is 8.10. The van der Waals surface area contributed by atoms with E-state index < -0.39 is 0 Å². The largest absolute Gasteiger partial charge is 0.507 e. The minimum Gasteiger partial charge on any atom is -0.507 e. The summed E-state index contributed by atoms with van der Waals surface area (Å²) in [5.74, 6) is 0.906. The van der Waals surface area contributed by atoms with Gasteiger partial charge in [-0.25, -0.2) is 0 Å². The monoisotopic (exact) mass is 170 g/mol. The maximum Gasteiger partial charge on any atom is 0.129 e. The molecular weight excluding hydrogens is 160 g/mol. The van der Waals surface area contributed by atoms with Gasteiger partial charge in [0.15, 0.2) is 0 Å². The fourth-order valence-electron chi connectivity index (χ4n) is 0.735. The lowest BCUT2D eigenvalue weighted by Crippen LogP contribution is -1.85. The Labute approximate surface area is 69.9 Å². The number of phenols is 1. The van der Waals surface area contributed by atoms with Crippen LogP contribution in [0.25, 0.3) is 0 Å². The first-order valence-corrected chi connectivity index (χ1v) is 4.35. The molecule has 0 bridgehead atoms. The average molecular weight is 170 g/mol. The van der Waals surface area contributed by atoms with Crippen LogP contribution in [0, 0.1) is 0 Å². The molecule has 1 aromatic rings. The predicted octanol–water partition coefficient (Wildman–Crippen LogP) is 1.48. The molecule has 0 aliphatic carbocycles. The van der Waals surface area contributed by atoms with Gasteiger partial charge in [-0.3, -0.25) is 0 Å². The number of rotatable bonds is 3. The van der Waals surface area contributed by atoms with Crippen LogP contribution in [0.5, 0.6) is 5.75 Å². The molecule has 0 atom stereocenters. The quantitative estimate of drug-likeness (QED) is 0.675. The first-order valence-electron chi connectivity index (χ1n) is 3.36. The minimum absolute atomic E-state index is 0.138. The Kier molecular flexibility index (Phi) is 3.26. The van der Waals surface area contributed by atoms with Crippen LogP contribution in [0.4, 0.5) is 0 Å². The standard InChI is InChI=1S/C8H10O2S/c9-5-6-11-8-4-2-1-3-7(8)10/h1-4,9-10H,5-6H2. The molecule has 0 heterocycles. The van der Waals surface area contributed by atoms with Crippen molar-refractivity contribution in [3.05, 3.63) is 24.3 Å². The van der Waals surface area contributed by atoms with Crippen molar-refractivity contribution in [1.82, 2.24) is 0 Å². The van der Waals surface area contributed by atoms with Crippen molar-refractivity contribution in [3.63, 3.8) is 0 Å². The maximum atomic E-state index is 9.23. The molecule has 0 saturated carbocycles. The molecule has 2 N–H and O–H groups in total. The second-order valence-corrected chi connectivity index (χ2v) is 3.18. The summed E-state index contributed by atoms with van der Waals surface area (Å²) in [4.78, 5) is 0.821. The summed E-state index contributed by atoms with van der Waals surface area (Å²) in [6, 6.07) is 7.10. The third-order valence-electron chi connectivity index (χ3n) is 1.21. The molecule has 0 amide bonds. The molecule has 2 nitrogen and oxygen atoms in total. The Morgan fingerprint density at radius 2 is 2.00 bits per heavy atom. The summed E-state index contributed by atoms with van der Waals surface area (Å²) in [5, 5.41) is 17.8. The van der Waals surface area contributed by atoms with Gasteiger partial charge in [-0.1, -0.05) is 12.1 Å². The molecule has 0 aliphatic rings. The number of hydrogen-bond acceptors (Lipinski definition) is 3. The minimum atomic E-state index is 0.138. The smallest absolute Gasteiger partial charge is 0.129 e. The van der Waals surface area contributed by atoms with Gasteiger partial charge >= 0.3 is 0 Å². The molecule has 1 rings (SSSR count). The number of aliphatic hydroxyl groups excluding tert-OH is 1. The van der Waals surface area contributed by atoms with E-state index in [2.05, 4.69) is 0 Å². The lowest BCUT2D eigenvalue weighted by Gasteiger charge is -2.00. The highest BCUT2D eigenvalue weighted by molar-refractivity contribution is 7.99. The zero-order valence-electron chi connectivity index (χ0n) is 6.03. The third-order valence-corrected chi connectivity index (χ3v) is 2.26. The van der Waals surface area contributed by atoms with Crippen LogP contribution in [0.15, 0.2) is 29.2 Å². The van der Waals surface area contributed by atoms with Crippen LogP contribution < -0.4 is 0 Å². The van der Waals surface area contributed by atoms with E-state index in [1.807, 2.05) is 12.1 Å². The van der Waals surface area contributed by atoms with E-state index in [1.165, 1.54) is 11.8 Å². The molecule has 0 saturated heterocycles. The normalized spacial score (nSPS) is 9.91. The molecular formula is C8H10O2S. The van der Waals surface area contributed by atoms with Gasteiger partial charge in [-0.05, 0) is 12.1 Å². The molecule has 0 aliphatic heterocycles. The highest BCUT2D eigenvalue weighted by Gasteiger charge is 1.97. The first-order chi connectivity index (χ1) is 5.34. The SMILES string of the molecule is OCCSc1ccccc1O. The molecule has 0 unspecified atom stereocenters. The van der Waals surface area contributed by atoms with Gasteiger partial charge in [0.1, 0.15) is 5.75 Å². The number of thioether (sulfide) groups is 1. The van der Waals surface area contributed by atoms with Crippen molar-refractivity contribution in [2.45, 2.75) is 4.90 Å². The molecule has 1 aromatic carbocycles. The van der Waals surface area contributed by atoms with E-state index in [0.29, 0.717) is 5.75 Å². The van der Waals surface area contributed by atoms with Gasteiger partial charge in [0, 0.05) is 10.6 Å². The van der Waals surface area contributed by atoms with Crippen molar-refractivity contribution in [3.8, 4) is 5.75 Å². The Bertz CT molecular complexity index is 225. The molecule has 0 radical (unpaired) electrons. The topological polar surface area (TPSA) is 40.5 Å². The summed E-state index contributed by atoms with van der Waals surface area (Å²) in [7, 11) is 0. The Hall–Kier alpha value is -0.670. The number of phenolic OH excluding ortho intramolecular Hbond substituents is 1.